The summed E-state index contributed by atoms with van der Waals surface area (Å²) in [5.41, 5.74) is 2.97. The number of esters is 1. The Hall–Kier alpha value is -4.66. The number of benzene rings is 2. The zero-order chi connectivity index (χ0) is 28.3. The van der Waals surface area contributed by atoms with Gasteiger partial charge in [-0.25, -0.2) is 4.79 Å². The minimum atomic E-state index is -0.665. The SMILES string of the molecule is COC(=O)c1cncc(-c2ccc3c(c2)C(=O)CC2(CCN(C(=O)c4cc(O)c5ccn(C6CC6)c5c4)CC2)O3)c1. The van der Waals surface area contributed by atoms with Crippen molar-refractivity contribution in [3.05, 3.63) is 77.7 Å². The molecule has 2 aliphatic heterocycles. The number of rotatable bonds is 4. The van der Waals surface area contributed by atoms with Gasteiger partial charge in [-0.15, -0.1) is 0 Å². The van der Waals surface area contributed by atoms with Crippen molar-refractivity contribution in [3.63, 3.8) is 0 Å². The molecule has 1 amide bonds. The molecule has 9 heteroatoms. The van der Waals surface area contributed by atoms with Crippen molar-refractivity contribution in [2.24, 2.45) is 0 Å². The van der Waals surface area contributed by atoms with E-state index in [4.69, 9.17) is 9.47 Å². The average molecular weight is 552 g/mol. The van der Waals surface area contributed by atoms with Gasteiger partial charge in [-0.1, -0.05) is 6.07 Å². The highest BCUT2D eigenvalue weighted by atomic mass is 16.5. The van der Waals surface area contributed by atoms with E-state index in [-0.39, 0.29) is 23.9 Å². The third-order valence-corrected chi connectivity index (χ3v) is 8.55. The zero-order valence-corrected chi connectivity index (χ0v) is 22.6. The van der Waals surface area contributed by atoms with E-state index in [2.05, 4.69) is 9.55 Å². The number of piperidine rings is 1. The molecule has 3 aliphatic rings. The Bertz CT molecular complexity index is 1730. The maximum Gasteiger partial charge on any atom is 0.339 e. The molecule has 1 saturated carbocycles. The van der Waals surface area contributed by atoms with Crippen LogP contribution in [0, 0.1) is 0 Å². The summed E-state index contributed by atoms with van der Waals surface area (Å²) in [4.78, 5) is 44.7. The summed E-state index contributed by atoms with van der Waals surface area (Å²) in [6.45, 7) is 0.905. The van der Waals surface area contributed by atoms with Crippen LogP contribution in [-0.4, -0.2) is 63.0 Å². The first-order valence-electron chi connectivity index (χ1n) is 13.9. The van der Waals surface area contributed by atoms with Crippen LogP contribution in [-0.2, 0) is 4.74 Å². The summed E-state index contributed by atoms with van der Waals surface area (Å²) in [5.74, 6) is 0.0206. The molecule has 2 aromatic carbocycles. The highest BCUT2D eigenvalue weighted by Gasteiger charge is 2.44. The van der Waals surface area contributed by atoms with Crippen LogP contribution in [0.1, 0.15) is 69.2 Å². The van der Waals surface area contributed by atoms with Crippen molar-refractivity contribution in [1.82, 2.24) is 14.5 Å². The number of methoxy groups -OCH3 is 1. The lowest BCUT2D eigenvalue weighted by atomic mass is 9.82. The Balaban J connectivity index is 1.08. The molecule has 2 fully saturated rings. The van der Waals surface area contributed by atoms with Crippen LogP contribution < -0.4 is 4.74 Å². The number of fused-ring (bicyclic) bond motifs is 2. The van der Waals surface area contributed by atoms with E-state index in [9.17, 15) is 19.5 Å². The van der Waals surface area contributed by atoms with Gasteiger partial charge in [0.25, 0.3) is 5.91 Å². The van der Waals surface area contributed by atoms with Gasteiger partial charge >= 0.3 is 5.97 Å². The Morgan fingerprint density at radius 1 is 1.02 bits per heavy atom. The van der Waals surface area contributed by atoms with Gasteiger partial charge in [0.1, 0.15) is 17.1 Å². The van der Waals surface area contributed by atoms with Gasteiger partial charge in [0.15, 0.2) is 5.78 Å². The first-order chi connectivity index (χ1) is 19.8. The highest BCUT2D eigenvalue weighted by Crippen LogP contribution is 2.42. The lowest BCUT2D eigenvalue weighted by Crippen LogP contribution is -2.52. The van der Waals surface area contributed by atoms with E-state index < -0.39 is 11.6 Å². The molecule has 1 N–H and O–H groups in total. The Kier molecular flexibility index (Phi) is 5.85. The van der Waals surface area contributed by atoms with E-state index in [1.165, 1.54) is 13.3 Å². The van der Waals surface area contributed by atoms with Crippen LogP contribution in [0.2, 0.25) is 0 Å². The number of carbonyl (C=O) groups excluding carboxylic acids is 3. The summed E-state index contributed by atoms with van der Waals surface area (Å²) in [6, 6.07) is 12.9. The number of likely N-dealkylation sites (tertiary alicyclic amines) is 1. The molecule has 1 saturated heterocycles. The van der Waals surface area contributed by atoms with Gasteiger partial charge in [-0.05, 0) is 54.8 Å². The minimum absolute atomic E-state index is 0.0128. The second kappa shape index (κ2) is 9.47. The Labute approximate surface area is 236 Å². The second-order valence-corrected chi connectivity index (χ2v) is 11.2. The van der Waals surface area contributed by atoms with E-state index in [1.807, 2.05) is 24.4 Å². The van der Waals surface area contributed by atoms with Crippen molar-refractivity contribution in [3.8, 4) is 22.6 Å². The predicted molar refractivity (Wildman–Crippen MR) is 150 cm³/mol. The lowest BCUT2D eigenvalue weighted by molar-refractivity contribution is -0.00572. The third-order valence-electron chi connectivity index (χ3n) is 8.55. The Morgan fingerprint density at radius 3 is 2.59 bits per heavy atom. The van der Waals surface area contributed by atoms with E-state index in [0.29, 0.717) is 60.0 Å². The minimum Gasteiger partial charge on any atom is -0.507 e. The molecule has 4 heterocycles. The molecule has 9 nitrogen and oxygen atoms in total. The fourth-order valence-electron chi connectivity index (χ4n) is 6.12. The van der Waals surface area contributed by atoms with Crippen molar-refractivity contribution in [1.29, 1.82) is 0 Å². The monoisotopic (exact) mass is 551 g/mol. The number of hydrogen-bond acceptors (Lipinski definition) is 7. The molecule has 7 rings (SSSR count). The number of carbonyl (C=O) groups is 3. The number of aromatic nitrogens is 2. The van der Waals surface area contributed by atoms with Gasteiger partial charge in [0, 0.05) is 67.1 Å². The predicted octanol–water partition coefficient (Wildman–Crippen LogP) is 5.17. The Morgan fingerprint density at radius 2 is 1.83 bits per heavy atom. The van der Waals surface area contributed by atoms with Crippen LogP contribution in [0.5, 0.6) is 11.5 Å². The molecule has 2 aromatic heterocycles. The van der Waals surface area contributed by atoms with Crippen LogP contribution in [0.3, 0.4) is 0 Å². The lowest BCUT2D eigenvalue weighted by Gasteiger charge is -2.44. The fraction of sp³-hybridized carbons (Fsp3) is 0.312. The summed E-state index contributed by atoms with van der Waals surface area (Å²) < 4.78 is 13.4. The number of amides is 1. The molecule has 0 atom stereocenters. The van der Waals surface area contributed by atoms with E-state index in [1.54, 1.807) is 35.4 Å². The van der Waals surface area contributed by atoms with E-state index >= 15 is 0 Å². The number of ether oxygens (including phenoxy) is 2. The number of ketones is 1. The maximum absolute atomic E-state index is 13.5. The molecule has 0 radical (unpaired) electrons. The molecule has 0 unspecified atom stereocenters. The van der Waals surface area contributed by atoms with Gasteiger partial charge in [-0.3, -0.25) is 14.6 Å². The smallest absolute Gasteiger partial charge is 0.339 e. The van der Waals surface area contributed by atoms with Gasteiger partial charge in [0.2, 0.25) is 0 Å². The summed E-state index contributed by atoms with van der Waals surface area (Å²) in [6.07, 6.45) is 8.57. The normalized spacial score (nSPS) is 17.8. The van der Waals surface area contributed by atoms with Crippen molar-refractivity contribution >= 4 is 28.6 Å². The highest BCUT2D eigenvalue weighted by molar-refractivity contribution is 6.02. The summed E-state index contributed by atoms with van der Waals surface area (Å²) >= 11 is 0. The number of Topliss-reactive ketones (excluding diaryl/α,β-unsaturated/α-hetero) is 1. The molecule has 208 valence electrons. The number of aromatic hydroxyl groups is 1. The second-order valence-electron chi connectivity index (χ2n) is 11.2. The van der Waals surface area contributed by atoms with Crippen LogP contribution >= 0.6 is 0 Å². The van der Waals surface area contributed by atoms with Gasteiger partial charge in [0.05, 0.1) is 30.2 Å². The number of pyridine rings is 1. The van der Waals surface area contributed by atoms with E-state index in [0.717, 1.165) is 29.3 Å². The quantitative estimate of drug-likeness (QED) is 0.348. The number of phenols is 1. The first-order valence-corrected chi connectivity index (χ1v) is 13.9. The molecular formula is C32H29N3O6. The molecular weight excluding hydrogens is 522 g/mol. The van der Waals surface area contributed by atoms with Crippen LogP contribution in [0.25, 0.3) is 22.0 Å². The van der Waals surface area contributed by atoms with Gasteiger partial charge < -0.3 is 24.0 Å². The van der Waals surface area contributed by atoms with Crippen LogP contribution in [0.15, 0.2) is 61.1 Å². The first kappa shape index (κ1) is 25.3. The molecule has 4 aromatic rings. The maximum atomic E-state index is 13.5. The van der Waals surface area contributed by atoms with Crippen molar-refractivity contribution in [2.45, 2.75) is 43.7 Å². The zero-order valence-electron chi connectivity index (χ0n) is 22.6. The fourth-order valence-corrected chi connectivity index (χ4v) is 6.12. The molecule has 0 bridgehead atoms. The third kappa shape index (κ3) is 4.41. The summed E-state index contributed by atoms with van der Waals surface area (Å²) in [7, 11) is 1.32. The number of nitrogens with zero attached hydrogens (tertiary/aromatic N) is 3. The molecule has 41 heavy (non-hydrogen) atoms. The van der Waals surface area contributed by atoms with Crippen molar-refractivity contribution < 1.29 is 29.0 Å². The van der Waals surface area contributed by atoms with Crippen LogP contribution in [0.4, 0.5) is 0 Å². The average Bonchev–Trinajstić information content (AvgIpc) is 3.74. The largest absolute Gasteiger partial charge is 0.507 e. The molecule has 1 aliphatic carbocycles. The number of hydrogen-bond donors (Lipinski definition) is 1. The molecule has 1 spiro atoms. The standard InChI is InChI=1S/C32H29N3O6/c1-40-31(39)22-12-21(17-33-18-22)19-2-5-29-25(13-19)28(37)16-32(41-29)7-10-34(11-8-32)30(38)20-14-26-24(27(36)15-20)6-9-35(26)23-3-4-23/h2,5-6,9,12-15,17-18,23,36H,3-4,7-8,10-11,16H2,1H3. The van der Waals surface area contributed by atoms with Gasteiger partial charge in [-0.2, -0.15) is 0 Å². The topological polar surface area (TPSA) is 111 Å². The number of phenolic OH excluding ortho intramolecular Hbond substituents is 1. The van der Waals surface area contributed by atoms with Crippen molar-refractivity contribution in [2.75, 3.05) is 20.2 Å². The summed E-state index contributed by atoms with van der Waals surface area (Å²) in [5, 5.41) is 11.4.